The predicted molar refractivity (Wildman–Crippen MR) is 598 cm³/mol. The predicted octanol–water partition coefficient (Wildman–Crippen LogP) is 32.1. The van der Waals surface area contributed by atoms with Crippen molar-refractivity contribution in [3.8, 4) is 134 Å². The number of rotatable bonds is 18. The summed E-state index contributed by atoms with van der Waals surface area (Å²) in [5.41, 5.74) is 39.5. The van der Waals surface area contributed by atoms with Crippen molar-refractivity contribution in [1.82, 2.24) is 0 Å². The summed E-state index contributed by atoms with van der Waals surface area (Å²) in [4.78, 5) is 0. The van der Waals surface area contributed by atoms with Crippen molar-refractivity contribution in [1.29, 1.82) is 0 Å². The van der Waals surface area contributed by atoms with Crippen LogP contribution in [0.5, 0.6) is 0 Å². The van der Waals surface area contributed by atoms with Crippen molar-refractivity contribution in [2.75, 3.05) is 0 Å². The zero-order chi connectivity index (χ0) is 118. The molecule has 142 heavy (non-hydrogen) atoms. The van der Waals surface area contributed by atoms with E-state index in [4.69, 9.17) is 28.8 Å². The van der Waals surface area contributed by atoms with E-state index in [1.807, 2.05) is 248 Å². The van der Waals surface area contributed by atoms with Gasteiger partial charge in [-0.25, -0.2) is 27.4 Å². The molecule has 20 rings (SSSR count). The Morgan fingerprint density at radius 3 is 0.901 bits per heavy atom. The molecular weight excluding hydrogens is 1720 g/mol. The standard InChI is InChI=1S/C25H28N.C24H26N.C23H26N.C22H24N.2C21H22N/c1-19-9-6-7-14-24(19)25-18-23(15-16-26(25)2)22-13-8-12-21(17-22)20-10-4-3-5-11-20;1-18-8-3-6-13-23(18)24-17-22(14-15-25(24)2)21-12-7-11-20(16-21)19-9-4-5-10-19;1-17(2)14-19-9-7-10-20(15-19)21-12-13-24(4)23(16-21)22-11-6-5-8-18(22)3;1-16(2)18-9-7-10-19(14-18)20-12-13-23(4)22(15-20)21-11-6-5-8-17(21)3;1-15-9-10-18(13-17(15)3)19-11-12-22(4)21(14-19)20-8-6-5-7-16(20)2;1-4-17-9-7-10-18(14-17)19-12-13-22(3)21(15-19)20-11-6-5-8-16(20)2/h6-9,12-18,20H,3-5,10-11H2,1-2H3;3,6-8,11-17,19H,4-5,9-10H2,1-2H3;5-13,15-17H,14H2,1-4H3;5-16H,1-4H3;5-14H,1-4H3;5-15H,4H2,1-3H3/q6*+1/i4D2,10D2,20D;4D2,9D2,19D;1D3,17D;1D3,16D;;1D3. The molecule has 0 saturated heterocycles. The Morgan fingerprint density at radius 2 is 0.570 bits per heavy atom. The zero-order valence-corrected chi connectivity index (χ0v) is 85.2. The molecule has 0 spiro atoms. The Labute approximate surface area is 879 Å². The molecule has 4 atom stereocenters. The maximum absolute atomic E-state index is 9.00. The molecular formula is C136H148N6+6. The molecule has 6 heteroatoms. The molecule has 0 radical (unpaired) electrons. The number of benzene rings is 12. The fourth-order valence-electron chi connectivity index (χ4n) is 18.4. The van der Waals surface area contributed by atoms with Crippen LogP contribution in [0.3, 0.4) is 0 Å². The lowest BCUT2D eigenvalue weighted by Gasteiger charge is -2.22. The van der Waals surface area contributed by atoms with Gasteiger partial charge in [0.05, 0.1) is 0 Å². The van der Waals surface area contributed by atoms with Crippen molar-refractivity contribution in [3.63, 3.8) is 0 Å². The molecule has 2 aliphatic rings. The van der Waals surface area contributed by atoms with Crippen molar-refractivity contribution < 1.29 is 56.2 Å². The Bertz CT molecular complexity index is 8440. The van der Waals surface area contributed by atoms with Crippen LogP contribution in [0.1, 0.15) is 211 Å². The smallest absolute Gasteiger partial charge is 0.201 e. The van der Waals surface area contributed by atoms with Crippen molar-refractivity contribution in [3.05, 3.63) is 467 Å². The van der Waals surface area contributed by atoms with Gasteiger partial charge >= 0.3 is 0 Å². The highest BCUT2D eigenvalue weighted by Crippen LogP contribution is 2.40. The van der Waals surface area contributed by atoms with Gasteiger partial charge < -0.3 is 0 Å². The van der Waals surface area contributed by atoms with E-state index >= 15 is 0 Å². The van der Waals surface area contributed by atoms with Gasteiger partial charge in [-0.15, -0.1) is 0 Å². The molecule has 4 unspecified atom stereocenters. The van der Waals surface area contributed by atoms with E-state index in [2.05, 4.69) is 254 Å². The summed E-state index contributed by atoms with van der Waals surface area (Å²) in [7, 11) is 12.2. The fraction of sp³-hybridized carbons (Fsp3) is 0.250. The summed E-state index contributed by atoms with van der Waals surface area (Å²) in [6, 6.07) is 120. The summed E-state index contributed by atoms with van der Waals surface area (Å²) in [6.45, 7) is 13.2. The van der Waals surface area contributed by atoms with Crippen molar-refractivity contribution in [2.45, 2.75) is 178 Å². The van der Waals surface area contributed by atoms with Gasteiger partial charge in [0.25, 0.3) is 0 Å². The topological polar surface area (TPSA) is 23.3 Å². The first kappa shape index (κ1) is 77.3. The molecule has 0 bridgehead atoms. The van der Waals surface area contributed by atoms with Crippen LogP contribution < -0.4 is 27.4 Å². The third kappa shape index (κ3) is 26.0. The first-order valence-corrected chi connectivity index (χ1v) is 49.2. The van der Waals surface area contributed by atoms with Gasteiger partial charge in [-0.3, -0.25) is 0 Å². The minimum Gasteiger partial charge on any atom is -0.201 e. The normalized spacial score (nSPS) is 18.8. The zero-order valence-electron chi connectivity index (χ0n) is 106. The summed E-state index contributed by atoms with van der Waals surface area (Å²) in [6.07, 6.45) is 5.14. The van der Waals surface area contributed by atoms with Crippen LogP contribution in [0.2, 0.25) is 0 Å². The minimum absolute atomic E-state index is 0.0479. The Hall–Kier alpha value is -14.5. The third-order valence-electron chi connectivity index (χ3n) is 26.9. The molecule has 6 aromatic heterocycles. The van der Waals surface area contributed by atoms with E-state index < -0.39 is 69.6 Å². The molecule has 2 saturated carbocycles. The number of nitrogens with zero attached hydrogens (tertiary/aromatic N) is 6. The summed E-state index contributed by atoms with van der Waals surface area (Å²) < 4.78 is 182. The lowest BCUT2D eigenvalue weighted by molar-refractivity contribution is -0.660. The van der Waals surface area contributed by atoms with Crippen molar-refractivity contribution in [2.24, 2.45) is 48.2 Å². The van der Waals surface area contributed by atoms with Crippen LogP contribution in [0, 0.1) is 61.3 Å². The number of pyridine rings is 6. The fourth-order valence-corrected chi connectivity index (χ4v) is 18.4. The van der Waals surface area contributed by atoms with Gasteiger partial charge in [-0.05, 0) is 293 Å². The summed E-state index contributed by atoms with van der Waals surface area (Å²) >= 11 is 0. The maximum Gasteiger partial charge on any atom is 0.213 e. The van der Waals surface area contributed by atoms with E-state index in [1.54, 1.807) is 18.2 Å². The quantitative estimate of drug-likeness (QED) is 0.0765. The summed E-state index contributed by atoms with van der Waals surface area (Å²) in [5.74, 6) is -6.39. The lowest BCUT2D eigenvalue weighted by atomic mass is 9.83. The molecule has 0 aliphatic heterocycles. The van der Waals surface area contributed by atoms with E-state index in [0.29, 0.717) is 29.5 Å². The Balaban J connectivity index is 0.000000145. The van der Waals surface area contributed by atoms with Gasteiger partial charge in [-0.1, -0.05) is 315 Å². The highest BCUT2D eigenvalue weighted by atomic mass is 14.9. The van der Waals surface area contributed by atoms with Crippen molar-refractivity contribution >= 4 is 0 Å². The van der Waals surface area contributed by atoms with E-state index in [1.165, 1.54) is 91.9 Å². The van der Waals surface area contributed by atoms with Gasteiger partial charge in [0.2, 0.25) is 34.2 Å². The number of aryl methyl sites for hydroxylation is 15. The number of aromatic nitrogens is 6. The average Bonchev–Trinajstić information content (AvgIpc) is 1.64. The highest BCUT2D eigenvalue weighted by molar-refractivity contribution is 5.77. The molecule has 18 aromatic rings. The van der Waals surface area contributed by atoms with Crippen LogP contribution >= 0.6 is 0 Å². The van der Waals surface area contributed by atoms with Crippen LogP contribution in [0.4, 0.5) is 0 Å². The van der Waals surface area contributed by atoms with Crippen LogP contribution in [0.25, 0.3) is 134 Å². The van der Waals surface area contributed by atoms with Gasteiger partial charge in [0.1, 0.15) is 42.3 Å². The second-order valence-corrected chi connectivity index (χ2v) is 37.5. The summed E-state index contributed by atoms with van der Waals surface area (Å²) in [5, 5.41) is 0. The molecule has 0 amide bonds. The van der Waals surface area contributed by atoms with E-state index in [9.17, 15) is 0 Å². The largest absolute Gasteiger partial charge is 0.213 e. The first-order valence-electron chi connectivity index (χ1n) is 59.7. The second-order valence-electron chi connectivity index (χ2n) is 37.5. The highest BCUT2D eigenvalue weighted by Gasteiger charge is 2.25. The molecule has 6 nitrogen and oxygen atoms in total. The first-order chi connectivity index (χ1) is 76.7. The molecule has 716 valence electrons. The Kier molecular flexibility index (Phi) is 26.5. The Morgan fingerprint density at radius 1 is 0.275 bits per heavy atom. The van der Waals surface area contributed by atoms with Gasteiger partial charge in [-0.2, -0.15) is 0 Å². The van der Waals surface area contributed by atoms with E-state index in [0.717, 1.165) is 112 Å². The SMILES string of the molecule is Cc1ccc(-c2cc[n+](C)c(-c3ccccc3C)c2)cc1C.[2H]C([2H])([2H])C([2H])(C)Cc1cccc(-c2cc[n+](C)c(-c3ccccc3C)c2)c1.[2H]C([2H])([2H])C([2H])(C)c1cccc(-c2cc[n+](C)c(-c3ccccc3C)c2)c1.[2H]C([2H])([2H])Cc1cccc(-c2cc[n+](C)c(-c3ccccc3C)c2)c1.[2H]C1([2H])CCC([2H])(c2cccc(-c3cc[n+](C)c(-c4ccccc4C)c3)c2)C1([2H])[2H].[2H]C1([2H])CCCC([2H])(c2cccc(-c3cc[n+](C)c(-c4ccccc4C)c3)c2)C1([2H])[2H]. The molecule has 6 heterocycles. The van der Waals surface area contributed by atoms with Crippen LogP contribution in [-0.4, -0.2) is 0 Å². The monoisotopic (exact) mass is 1890 g/mol. The lowest BCUT2D eigenvalue weighted by Crippen LogP contribution is -2.30. The average molecular weight is 1890 g/mol. The molecule has 0 N–H and O–H groups in total. The molecule has 2 fully saturated rings. The third-order valence-corrected chi connectivity index (χ3v) is 26.9. The minimum atomic E-state index is -2.39. The van der Waals surface area contributed by atoms with Crippen LogP contribution in [0.15, 0.2) is 395 Å². The number of hydrogen-bond donors (Lipinski definition) is 0. The van der Waals surface area contributed by atoms with Crippen LogP contribution in [-0.2, 0) is 55.1 Å². The molecule has 12 aromatic carbocycles. The maximum atomic E-state index is 9.00. The number of hydrogen-bond acceptors (Lipinski definition) is 0. The second kappa shape index (κ2) is 48.6. The van der Waals surface area contributed by atoms with Gasteiger partial charge in [0, 0.05) is 135 Å². The van der Waals surface area contributed by atoms with E-state index in [-0.39, 0.29) is 32.1 Å². The van der Waals surface area contributed by atoms with Gasteiger partial charge in [0.15, 0.2) is 37.2 Å². The molecule has 2 aliphatic carbocycles.